The fraction of sp³-hybridized carbons (Fsp3) is 0.632. The van der Waals surface area contributed by atoms with E-state index in [0.717, 1.165) is 25.7 Å². The van der Waals surface area contributed by atoms with Crippen molar-refractivity contribution >= 4 is 17.5 Å². The van der Waals surface area contributed by atoms with Crippen molar-refractivity contribution < 1.29 is 19.1 Å². The molecule has 0 spiro atoms. The van der Waals surface area contributed by atoms with Crippen LogP contribution in [-0.2, 0) is 19.1 Å². The second kappa shape index (κ2) is 4.65. The normalized spacial score (nSPS) is 45.6. The molecule has 3 aliphatic carbocycles. The van der Waals surface area contributed by atoms with Gasteiger partial charge in [0.15, 0.2) is 5.78 Å². The van der Waals surface area contributed by atoms with Gasteiger partial charge in [0.2, 0.25) is 5.78 Å². The summed E-state index contributed by atoms with van der Waals surface area (Å²) >= 11 is 0. The zero-order chi connectivity index (χ0) is 16.4. The minimum atomic E-state index is -0.659. The standard InChI is InChI=1S/C19H22O4/c1-18-7-5-12(20)9-11(18)3-4-13-14(18)6-8-19(2)15(13)10-16(21)17(22)23-19/h5,7,9,13-15H,3-4,6,8,10H2,1-2H3. The number of hydrogen-bond acceptors (Lipinski definition) is 4. The summed E-state index contributed by atoms with van der Waals surface area (Å²) < 4.78 is 5.55. The number of ether oxygens (including phenoxy) is 1. The van der Waals surface area contributed by atoms with Crippen LogP contribution < -0.4 is 0 Å². The van der Waals surface area contributed by atoms with Crippen LogP contribution in [0.25, 0.3) is 0 Å². The molecule has 3 fully saturated rings. The predicted octanol–water partition coefficient (Wildman–Crippen LogP) is 2.77. The summed E-state index contributed by atoms with van der Waals surface area (Å²) in [5.41, 5.74) is 0.634. The van der Waals surface area contributed by atoms with Crippen molar-refractivity contribution in [3.05, 3.63) is 23.8 Å². The average molecular weight is 314 g/mol. The van der Waals surface area contributed by atoms with Crippen LogP contribution >= 0.6 is 0 Å². The van der Waals surface area contributed by atoms with Crippen LogP contribution in [0.3, 0.4) is 0 Å². The number of hydrogen-bond donors (Lipinski definition) is 0. The molecule has 0 aromatic heterocycles. The highest BCUT2D eigenvalue weighted by Gasteiger charge is 2.58. The summed E-state index contributed by atoms with van der Waals surface area (Å²) in [6.07, 6.45) is 9.49. The molecule has 2 saturated carbocycles. The first-order valence-electron chi connectivity index (χ1n) is 8.54. The van der Waals surface area contributed by atoms with Crippen molar-refractivity contribution in [1.82, 2.24) is 0 Å². The first-order valence-corrected chi connectivity index (χ1v) is 8.54. The number of rotatable bonds is 0. The van der Waals surface area contributed by atoms with E-state index in [2.05, 4.69) is 13.0 Å². The molecular formula is C19H22O4. The molecule has 4 heteroatoms. The van der Waals surface area contributed by atoms with E-state index in [0.29, 0.717) is 18.3 Å². The summed E-state index contributed by atoms with van der Waals surface area (Å²) in [5, 5.41) is 0. The first-order chi connectivity index (χ1) is 10.8. The summed E-state index contributed by atoms with van der Waals surface area (Å²) in [6, 6.07) is 0. The van der Waals surface area contributed by atoms with Gasteiger partial charge in [-0.1, -0.05) is 18.6 Å². The molecule has 0 amide bonds. The van der Waals surface area contributed by atoms with Gasteiger partial charge < -0.3 is 4.74 Å². The maximum Gasteiger partial charge on any atom is 0.375 e. The Kier molecular flexibility index (Phi) is 3.00. The molecule has 1 heterocycles. The number of Topliss-reactive ketones (excluding diaryl/α,β-unsaturated/α-hetero) is 1. The van der Waals surface area contributed by atoms with Gasteiger partial charge in [-0.25, -0.2) is 4.79 Å². The molecule has 0 aromatic carbocycles. The fourth-order valence-electron chi connectivity index (χ4n) is 5.53. The Morgan fingerprint density at radius 1 is 1.13 bits per heavy atom. The van der Waals surface area contributed by atoms with Gasteiger partial charge in [0.1, 0.15) is 5.60 Å². The van der Waals surface area contributed by atoms with Gasteiger partial charge in [0.25, 0.3) is 0 Å². The Morgan fingerprint density at radius 3 is 2.70 bits per heavy atom. The third-order valence-corrected chi connectivity index (χ3v) is 6.85. The smallest absolute Gasteiger partial charge is 0.375 e. The molecule has 1 aliphatic heterocycles. The Labute approximate surface area is 136 Å². The highest BCUT2D eigenvalue weighted by Crippen LogP contribution is 2.60. The van der Waals surface area contributed by atoms with Crippen LogP contribution in [0.15, 0.2) is 23.8 Å². The lowest BCUT2D eigenvalue weighted by Crippen LogP contribution is -2.58. The Morgan fingerprint density at radius 2 is 1.91 bits per heavy atom. The van der Waals surface area contributed by atoms with E-state index in [1.54, 1.807) is 12.2 Å². The van der Waals surface area contributed by atoms with Crippen LogP contribution in [-0.4, -0.2) is 23.1 Å². The van der Waals surface area contributed by atoms with Crippen molar-refractivity contribution in [2.75, 3.05) is 0 Å². The van der Waals surface area contributed by atoms with Gasteiger partial charge in [-0.3, -0.25) is 9.59 Å². The molecule has 0 radical (unpaired) electrons. The van der Waals surface area contributed by atoms with Crippen molar-refractivity contribution in [3.63, 3.8) is 0 Å². The summed E-state index contributed by atoms with van der Waals surface area (Å²) in [7, 11) is 0. The number of esters is 1. The fourth-order valence-corrected chi connectivity index (χ4v) is 5.53. The molecule has 0 aromatic rings. The van der Waals surface area contributed by atoms with E-state index in [1.165, 1.54) is 5.57 Å². The zero-order valence-electron chi connectivity index (χ0n) is 13.6. The molecule has 4 rings (SSSR count). The lowest BCUT2D eigenvalue weighted by Gasteiger charge is -2.57. The van der Waals surface area contributed by atoms with Gasteiger partial charge in [-0.05, 0) is 56.6 Å². The number of carbonyl (C=O) groups is 3. The molecule has 1 saturated heterocycles. The number of allylic oxidation sites excluding steroid dienone is 4. The van der Waals surface area contributed by atoms with Crippen LogP contribution in [0, 0.1) is 23.2 Å². The third-order valence-electron chi connectivity index (χ3n) is 6.85. The largest absolute Gasteiger partial charge is 0.453 e. The van der Waals surface area contributed by atoms with Crippen LogP contribution in [0.5, 0.6) is 0 Å². The van der Waals surface area contributed by atoms with Crippen molar-refractivity contribution in [1.29, 1.82) is 0 Å². The Balaban J connectivity index is 1.70. The molecular weight excluding hydrogens is 292 g/mol. The topological polar surface area (TPSA) is 60.4 Å². The van der Waals surface area contributed by atoms with E-state index >= 15 is 0 Å². The number of ketones is 2. The van der Waals surface area contributed by atoms with Crippen molar-refractivity contribution in [2.45, 2.75) is 51.6 Å². The quantitative estimate of drug-likeness (QED) is 0.509. The third kappa shape index (κ3) is 2.00. The highest BCUT2D eigenvalue weighted by atomic mass is 16.6. The predicted molar refractivity (Wildman–Crippen MR) is 83.4 cm³/mol. The van der Waals surface area contributed by atoms with Crippen molar-refractivity contribution in [3.8, 4) is 0 Å². The molecule has 4 aliphatic rings. The maximum absolute atomic E-state index is 11.9. The number of carbonyl (C=O) groups excluding carboxylic acids is 3. The molecule has 0 bridgehead atoms. The lowest BCUT2D eigenvalue weighted by atomic mass is 9.49. The van der Waals surface area contributed by atoms with Gasteiger partial charge in [-0.15, -0.1) is 0 Å². The first kappa shape index (κ1) is 14.9. The minimum Gasteiger partial charge on any atom is -0.453 e. The van der Waals surface area contributed by atoms with E-state index in [1.807, 2.05) is 6.92 Å². The van der Waals surface area contributed by atoms with Gasteiger partial charge in [0, 0.05) is 17.8 Å². The van der Waals surface area contributed by atoms with Gasteiger partial charge in [0.05, 0.1) is 0 Å². The zero-order valence-corrected chi connectivity index (χ0v) is 13.6. The molecule has 5 atom stereocenters. The van der Waals surface area contributed by atoms with Gasteiger partial charge in [-0.2, -0.15) is 0 Å². The summed E-state index contributed by atoms with van der Waals surface area (Å²) in [5.74, 6) is -0.0727. The average Bonchev–Trinajstić information content (AvgIpc) is 2.49. The number of fused-ring (bicyclic) bond motifs is 5. The van der Waals surface area contributed by atoms with E-state index < -0.39 is 11.6 Å². The summed E-state index contributed by atoms with van der Waals surface area (Å²) in [4.78, 5) is 35.4. The monoisotopic (exact) mass is 314 g/mol. The molecule has 23 heavy (non-hydrogen) atoms. The second-order valence-corrected chi connectivity index (χ2v) is 7.97. The summed E-state index contributed by atoms with van der Waals surface area (Å²) in [6.45, 7) is 4.21. The van der Waals surface area contributed by atoms with Crippen LogP contribution in [0.1, 0.15) is 46.0 Å². The molecule has 4 nitrogen and oxygen atoms in total. The van der Waals surface area contributed by atoms with E-state index in [-0.39, 0.29) is 22.9 Å². The van der Waals surface area contributed by atoms with Crippen molar-refractivity contribution in [2.24, 2.45) is 23.2 Å². The SMILES string of the molecule is CC12CCC3C(CCC4=CC(=O)C=CC43C)C1CC(=O)C(=O)O2. The second-order valence-electron chi connectivity index (χ2n) is 7.97. The maximum atomic E-state index is 11.9. The highest BCUT2D eigenvalue weighted by molar-refractivity contribution is 6.34. The van der Waals surface area contributed by atoms with Crippen LogP contribution in [0.4, 0.5) is 0 Å². The van der Waals surface area contributed by atoms with E-state index in [4.69, 9.17) is 4.74 Å². The molecule has 0 N–H and O–H groups in total. The van der Waals surface area contributed by atoms with Gasteiger partial charge >= 0.3 is 5.97 Å². The Bertz CT molecular complexity index is 673. The minimum absolute atomic E-state index is 0.0818. The lowest BCUT2D eigenvalue weighted by molar-refractivity contribution is -0.194. The Hall–Kier alpha value is -1.71. The molecule has 5 unspecified atom stereocenters. The van der Waals surface area contributed by atoms with Crippen LogP contribution in [0.2, 0.25) is 0 Å². The van der Waals surface area contributed by atoms with E-state index in [9.17, 15) is 14.4 Å². The molecule has 122 valence electrons.